The highest BCUT2D eigenvalue weighted by atomic mass is 79.9. The van der Waals surface area contributed by atoms with Crippen LogP contribution in [0.15, 0.2) is 88.1 Å². The van der Waals surface area contributed by atoms with Crippen molar-refractivity contribution in [3.8, 4) is 11.8 Å². The Balaban J connectivity index is 1.61. The Morgan fingerprint density at radius 1 is 1.16 bits per heavy atom. The first-order valence-electron chi connectivity index (χ1n) is 12.2. The second-order valence-corrected chi connectivity index (χ2v) is 10.3. The number of anilines is 1. The van der Waals surface area contributed by atoms with E-state index in [4.69, 9.17) is 10.5 Å². The van der Waals surface area contributed by atoms with E-state index in [2.05, 4.69) is 39.1 Å². The Bertz CT molecular complexity index is 1470. The first-order chi connectivity index (χ1) is 17.9. The van der Waals surface area contributed by atoms with E-state index in [9.17, 15) is 10.1 Å². The largest absolute Gasteiger partial charge is 0.489 e. The van der Waals surface area contributed by atoms with Crippen molar-refractivity contribution < 1.29 is 9.53 Å². The second kappa shape index (κ2) is 10.2. The zero-order valence-corrected chi connectivity index (χ0v) is 22.4. The normalized spacial score (nSPS) is 17.5. The van der Waals surface area contributed by atoms with Crippen LogP contribution in [0.2, 0.25) is 0 Å². The van der Waals surface area contributed by atoms with Gasteiger partial charge in [0.05, 0.1) is 29.4 Å². The standard InChI is InChI=1S/C30H27BrN4O2/c1-18-13-19(2)24(14-20(18)17-37-23-10-8-21(31)9-11-23)28-25(15-32)30(33)35(22-5-4-12-34-16-22)26-6-3-7-27(36)29(26)28/h4-5,8-14,16,28H,3,6-7,17,33H2,1-2H3. The second-order valence-electron chi connectivity index (χ2n) is 9.41. The maximum absolute atomic E-state index is 13.5. The Morgan fingerprint density at radius 2 is 1.95 bits per heavy atom. The molecule has 2 aromatic carbocycles. The minimum atomic E-state index is -0.521. The van der Waals surface area contributed by atoms with Crippen LogP contribution in [0.3, 0.4) is 0 Å². The number of hydrogen-bond acceptors (Lipinski definition) is 6. The number of hydrogen-bond donors (Lipinski definition) is 1. The van der Waals surface area contributed by atoms with Gasteiger partial charge in [0.2, 0.25) is 0 Å². The lowest BCUT2D eigenvalue weighted by atomic mass is 9.74. The molecule has 6 nitrogen and oxygen atoms in total. The Kier molecular flexibility index (Phi) is 6.86. The van der Waals surface area contributed by atoms with Gasteiger partial charge >= 0.3 is 0 Å². The molecule has 5 rings (SSSR count). The molecule has 0 fully saturated rings. The first-order valence-corrected chi connectivity index (χ1v) is 13.0. The topological polar surface area (TPSA) is 92.2 Å². The molecule has 0 saturated heterocycles. The lowest BCUT2D eigenvalue weighted by molar-refractivity contribution is -0.116. The highest BCUT2D eigenvalue weighted by Gasteiger charge is 2.41. The van der Waals surface area contributed by atoms with E-state index < -0.39 is 5.92 Å². The number of pyridine rings is 1. The third kappa shape index (κ3) is 4.65. The number of halogens is 1. The van der Waals surface area contributed by atoms with Gasteiger partial charge in [0, 0.05) is 28.4 Å². The number of benzene rings is 2. The van der Waals surface area contributed by atoms with Crippen molar-refractivity contribution in [3.05, 3.63) is 110 Å². The molecule has 0 amide bonds. The summed E-state index contributed by atoms with van der Waals surface area (Å²) in [7, 11) is 0. The van der Waals surface area contributed by atoms with E-state index in [1.54, 1.807) is 12.4 Å². The van der Waals surface area contributed by atoms with Crippen LogP contribution in [0.1, 0.15) is 47.4 Å². The molecule has 0 spiro atoms. The van der Waals surface area contributed by atoms with Crippen LogP contribution in [0.4, 0.5) is 5.69 Å². The minimum Gasteiger partial charge on any atom is -0.489 e. The molecular weight excluding hydrogens is 528 g/mol. The van der Waals surface area contributed by atoms with E-state index in [0.29, 0.717) is 36.4 Å². The molecule has 3 aromatic rings. The molecule has 0 radical (unpaired) electrons. The summed E-state index contributed by atoms with van der Waals surface area (Å²) in [6.07, 6.45) is 5.31. The number of carbonyl (C=O) groups excluding carboxylic acids is 1. The fourth-order valence-electron chi connectivity index (χ4n) is 5.25. The maximum Gasteiger partial charge on any atom is 0.161 e. The summed E-state index contributed by atoms with van der Waals surface area (Å²) in [5.41, 5.74) is 13.3. The molecule has 37 heavy (non-hydrogen) atoms. The summed E-state index contributed by atoms with van der Waals surface area (Å²) < 4.78 is 7.06. The van der Waals surface area contributed by atoms with Gasteiger partial charge in [-0.25, -0.2) is 0 Å². The molecule has 1 unspecified atom stereocenters. The number of nitrogens with two attached hydrogens (primary N) is 1. The average Bonchev–Trinajstić information content (AvgIpc) is 2.89. The molecule has 1 aromatic heterocycles. The van der Waals surface area contributed by atoms with Crippen LogP contribution in [0, 0.1) is 25.2 Å². The fraction of sp³-hybridized carbons (Fsp3) is 0.233. The van der Waals surface area contributed by atoms with Gasteiger partial charge in [-0.05, 0) is 85.3 Å². The SMILES string of the molecule is Cc1cc(C)c(C2C(C#N)=C(N)N(c3cccnc3)C3=C2C(=O)CCC3)cc1COc1ccc(Br)cc1. The van der Waals surface area contributed by atoms with Crippen molar-refractivity contribution in [2.75, 3.05) is 4.90 Å². The minimum absolute atomic E-state index is 0.0630. The van der Waals surface area contributed by atoms with E-state index in [1.165, 1.54) is 0 Å². The van der Waals surface area contributed by atoms with Crippen LogP contribution in [0.25, 0.3) is 0 Å². The van der Waals surface area contributed by atoms with E-state index in [1.807, 2.05) is 55.1 Å². The van der Waals surface area contributed by atoms with Gasteiger partial charge in [0.15, 0.2) is 5.78 Å². The summed E-state index contributed by atoms with van der Waals surface area (Å²) in [5.74, 6) is 0.658. The van der Waals surface area contributed by atoms with E-state index in [0.717, 1.165) is 50.3 Å². The number of allylic oxidation sites excluding steroid dienone is 3. The number of ether oxygens (including phenoxy) is 1. The van der Waals surface area contributed by atoms with Crippen molar-refractivity contribution in [2.45, 2.75) is 45.6 Å². The molecule has 1 aliphatic carbocycles. The molecule has 2 N–H and O–H groups in total. The zero-order chi connectivity index (χ0) is 26.1. The van der Waals surface area contributed by atoms with Crippen molar-refractivity contribution >= 4 is 27.4 Å². The number of carbonyl (C=O) groups is 1. The van der Waals surface area contributed by atoms with Crippen LogP contribution in [0.5, 0.6) is 5.75 Å². The number of rotatable bonds is 5. The lowest BCUT2D eigenvalue weighted by Crippen LogP contribution is -2.39. The van der Waals surface area contributed by atoms with E-state index in [-0.39, 0.29) is 5.78 Å². The van der Waals surface area contributed by atoms with Crippen molar-refractivity contribution in [3.63, 3.8) is 0 Å². The summed E-state index contributed by atoms with van der Waals surface area (Å²) in [4.78, 5) is 19.5. The number of aryl methyl sites for hydroxylation is 2. The van der Waals surface area contributed by atoms with Gasteiger partial charge < -0.3 is 10.5 Å². The first kappa shape index (κ1) is 24.8. The van der Waals surface area contributed by atoms with Gasteiger partial charge in [0.25, 0.3) is 0 Å². The summed E-state index contributed by atoms with van der Waals surface area (Å²) in [6, 6.07) is 18.0. The predicted molar refractivity (Wildman–Crippen MR) is 147 cm³/mol. The number of nitrogens with zero attached hydrogens (tertiary/aromatic N) is 3. The Hall–Kier alpha value is -3.89. The van der Waals surface area contributed by atoms with Gasteiger partial charge in [-0.2, -0.15) is 5.26 Å². The van der Waals surface area contributed by atoms with Gasteiger partial charge in [-0.1, -0.05) is 28.1 Å². The highest BCUT2D eigenvalue weighted by Crippen LogP contribution is 2.47. The molecule has 2 aliphatic rings. The predicted octanol–water partition coefficient (Wildman–Crippen LogP) is 6.34. The zero-order valence-electron chi connectivity index (χ0n) is 20.8. The van der Waals surface area contributed by atoms with Crippen molar-refractivity contribution in [1.82, 2.24) is 4.98 Å². The third-order valence-electron chi connectivity index (χ3n) is 7.06. The van der Waals surface area contributed by atoms with Crippen LogP contribution < -0.4 is 15.4 Å². The molecule has 0 saturated carbocycles. The highest BCUT2D eigenvalue weighted by molar-refractivity contribution is 9.10. The number of nitriles is 1. The van der Waals surface area contributed by atoms with Crippen molar-refractivity contribution in [2.24, 2.45) is 5.73 Å². The molecule has 186 valence electrons. The van der Waals surface area contributed by atoms with Gasteiger partial charge in [-0.3, -0.25) is 14.7 Å². The molecule has 0 bridgehead atoms. The maximum atomic E-state index is 13.5. The number of Topliss-reactive ketones (excluding diaryl/α,β-unsaturated/α-hetero) is 1. The molecular formula is C30H27BrN4O2. The van der Waals surface area contributed by atoms with Gasteiger partial charge in [0.1, 0.15) is 18.2 Å². The third-order valence-corrected chi connectivity index (χ3v) is 7.59. The van der Waals surface area contributed by atoms with Crippen LogP contribution in [-0.2, 0) is 11.4 Å². The summed E-state index contributed by atoms with van der Waals surface area (Å²) in [6.45, 7) is 4.44. The molecule has 2 heterocycles. The fourth-order valence-corrected chi connectivity index (χ4v) is 5.52. The van der Waals surface area contributed by atoms with E-state index >= 15 is 0 Å². The average molecular weight is 555 g/mol. The Morgan fingerprint density at radius 3 is 2.65 bits per heavy atom. The smallest absolute Gasteiger partial charge is 0.161 e. The van der Waals surface area contributed by atoms with Crippen LogP contribution >= 0.6 is 15.9 Å². The molecule has 1 aliphatic heterocycles. The molecule has 7 heteroatoms. The lowest BCUT2D eigenvalue weighted by Gasteiger charge is -2.40. The summed E-state index contributed by atoms with van der Waals surface area (Å²) >= 11 is 3.45. The summed E-state index contributed by atoms with van der Waals surface area (Å²) in [5, 5.41) is 10.3. The quantitative estimate of drug-likeness (QED) is 0.395. The number of ketones is 1. The van der Waals surface area contributed by atoms with Gasteiger partial charge in [-0.15, -0.1) is 0 Å². The number of aromatic nitrogens is 1. The molecule has 1 atom stereocenters. The van der Waals surface area contributed by atoms with Crippen LogP contribution in [-0.4, -0.2) is 10.8 Å². The van der Waals surface area contributed by atoms with Crippen molar-refractivity contribution in [1.29, 1.82) is 5.26 Å². The Labute approximate surface area is 225 Å². The monoisotopic (exact) mass is 554 g/mol.